The summed E-state index contributed by atoms with van der Waals surface area (Å²) in [7, 11) is 0. The molecule has 2 aromatic carbocycles. The van der Waals surface area contributed by atoms with E-state index in [1.165, 1.54) is 12.1 Å². The van der Waals surface area contributed by atoms with Crippen molar-refractivity contribution in [3.63, 3.8) is 0 Å². The summed E-state index contributed by atoms with van der Waals surface area (Å²) in [4.78, 5) is 11.9. The average molecular weight is 273 g/mol. The van der Waals surface area contributed by atoms with Gasteiger partial charge in [0, 0.05) is 0 Å². The zero-order chi connectivity index (χ0) is 14.4. The van der Waals surface area contributed by atoms with Gasteiger partial charge in [0.2, 0.25) is 0 Å². The van der Waals surface area contributed by atoms with E-state index in [0.29, 0.717) is 6.61 Å². The lowest BCUT2D eigenvalue weighted by Crippen LogP contribution is -2.37. The Morgan fingerprint density at radius 2 is 1.80 bits per heavy atom. The smallest absolute Gasteiger partial charge is 0.254 e. The average Bonchev–Trinajstić information content (AvgIpc) is 2.46. The van der Waals surface area contributed by atoms with Gasteiger partial charge in [-0.2, -0.15) is 0 Å². The Balaban J connectivity index is 1.87. The van der Waals surface area contributed by atoms with E-state index in [1.54, 1.807) is 12.1 Å². The van der Waals surface area contributed by atoms with Crippen molar-refractivity contribution in [1.29, 1.82) is 0 Å². The first-order valence-corrected chi connectivity index (χ1v) is 6.40. The van der Waals surface area contributed by atoms with Crippen molar-refractivity contribution < 1.29 is 13.9 Å². The summed E-state index contributed by atoms with van der Waals surface area (Å²) in [6, 6.07) is 15.0. The summed E-state index contributed by atoms with van der Waals surface area (Å²) >= 11 is 0. The number of halogens is 1. The van der Waals surface area contributed by atoms with Gasteiger partial charge >= 0.3 is 0 Å². The van der Waals surface area contributed by atoms with Crippen LogP contribution in [-0.2, 0) is 0 Å². The third kappa shape index (κ3) is 3.82. The Hall–Kier alpha value is -2.36. The number of hydrogen-bond acceptors (Lipinski definition) is 2. The van der Waals surface area contributed by atoms with E-state index in [-0.39, 0.29) is 11.6 Å². The molecule has 0 aliphatic carbocycles. The fourth-order valence-corrected chi connectivity index (χ4v) is 1.73. The summed E-state index contributed by atoms with van der Waals surface area (Å²) in [5.74, 6) is -0.229. The van der Waals surface area contributed by atoms with Crippen LogP contribution in [-0.4, -0.2) is 18.6 Å². The molecule has 0 heterocycles. The Labute approximate surface area is 117 Å². The van der Waals surface area contributed by atoms with Crippen LogP contribution in [0.1, 0.15) is 17.3 Å². The van der Waals surface area contributed by atoms with Gasteiger partial charge in [-0.3, -0.25) is 4.79 Å². The first-order valence-electron chi connectivity index (χ1n) is 6.40. The van der Waals surface area contributed by atoms with Crippen molar-refractivity contribution in [2.75, 3.05) is 6.61 Å². The molecule has 0 spiro atoms. The lowest BCUT2D eigenvalue weighted by molar-refractivity contribution is 0.0922. The Morgan fingerprint density at radius 3 is 2.50 bits per heavy atom. The van der Waals surface area contributed by atoms with Crippen molar-refractivity contribution >= 4 is 5.91 Å². The molecule has 1 atom stereocenters. The molecule has 0 fully saturated rings. The van der Waals surface area contributed by atoms with Crippen molar-refractivity contribution in [2.45, 2.75) is 13.0 Å². The largest absolute Gasteiger partial charge is 0.491 e. The summed E-state index contributed by atoms with van der Waals surface area (Å²) in [5, 5.41) is 2.70. The van der Waals surface area contributed by atoms with E-state index < -0.39 is 11.7 Å². The summed E-state index contributed by atoms with van der Waals surface area (Å²) in [5.41, 5.74) is 0.0408. The minimum absolute atomic E-state index is 0.0408. The van der Waals surface area contributed by atoms with E-state index in [2.05, 4.69) is 5.32 Å². The van der Waals surface area contributed by atoms with Crippen LogP contribution < -0.4 is 10.1 Å². The van der Waals surface area contributed by atoms with Crippen LogP contribution >= 0.6 is 0 Å². The highest BCUT2D eigenvalue weighted by Crippen LogP contribution is 2.09. The number of carbonyl (C=O) groups is 1. The normalized spacial score (nSPS) is 11.7. The Bertz CT molecular complexity index is 572. The third-order valence-corrected chi connectivity index (χ3v) is 2.74. The van der Waals surface area contributed by atoms with Crippen LogP contribution in [0.5, 0.6) is 5.75 Å². The molecule has 20 heavy (non-hydrogen) atoms. The minimum atomic E-state index is -0.527. The van der Waals surface area contributed by atoms with Crippen LogP contribution in [0.4, 0.5) is 4.39 Å². The first kappa shape index (κ1) is 14.1. The van der Waals surface area contributed by atoms with Crippen molar-refractivity contribution in [1.82, 2.24) is 5.32 Å². The van der Waals surface area contributed by atoms with Crippen molar-refractivity contribution in [3.8, 4) is 5.75 Å². The van der Waals surface area contributed by atoms with Gasteiger partial charge < -0.3 is 10.1 Å². The molecule has 1 amide bonds. The van der Waals surface area contributed by atoms with Gasteiger partial charge in [0.1, 0.15) is 18.2 Å². The van der Waals surface area contributed by atoms with E-state index in [9.17, 15) is 9.18 Å². The molecule has 2 rings (SSSR count). The predicted molar refractivity (Wildman–Crippen MR) is 75.3 cm³/mol. The summed E-state index contributed by atoms with van der Waals surface area (Å²) in [6.45, 7) is 2.13. The number of rotatable bonds is 5. The third-order valence-electron chi connectivity index (χ3n) is 2.74. The molecule has 0 bridgehead atoms. The number of ether oxygens (including phenoxy) is 1. The molecule has 4 heteroatoms. The highest BCUT2D eigenvalue weighted by molar-refractivity contribution is 5.94. The van der Waals surface area contributed by atoms with Crippen molar-refractivity contribution in [3.05, 3.63) is 66.0 Å². The van der Waals surface area contributed by atoms with E-state index >= 15 is 0 Å². The zero-order valence-corrected chi connectivity index (χ0v) is 11.2. The Morgan fingerprint density at radius 1 is 1.15 bits per heavy atom. The number of para-hydroxylation sites is 1. The zero-order valence-electron chi connectivity index (χ0n) is 11.2. The summed E-state index contributed by atoms with van der Waals surface area (Å²) in [6.07, 6.45) is 0. The van der Waals surface area contributed by atoms with Gasteiger partial charge in [-0.05, 0) is 31.2 Å². The quantitative estimate of drug-likeness (QED) is 0.909. The highest BCUT2D eigenvalue weighted by atomic mass is 19.1. The molecule has 104 valence electrons. The SMILES string of the molecule is CC(COc1ccccc1)NC(=O)c1ccccc1F. The van der Waals surface area contributed by atoms with Gasteiger partial charge in [0.25, 0.3) is 5.91 Å². The molecule has 0 saturated carbocycles. The molecule has 0 aromatic heterocycles. The number of nitrogens with one attached hydrogen (secondary N) is 1. The molecule has 0 radical (unpaired) electrons. The lowest BCUT2D eigenvalue weighted by Gasteiger charge is -2.15. The maximum absolute atomic E-state index is 13.4. The number of amides is 1. The second-order valence-electron chi connectivity index (χ2n) is 4.48. The summed E-state index contributed by atoms with van der Waals surface area (Å²) < 4.78 is 19.0. The molecule has 0 saturated heterocycles. The monoisotopic (exact) mass is 273 g/mol. The standard InChI is InChI=1S/C16H16FNO2/c1-12(11-20-13-7-3-2-4-8-13)18-16(19)14-9-5-6-10-15(14)17/h2-10,12H,11H2,1H3,(H,18,19). The van der Waals surface area contributed by atoms with Crippen LogP contribution in [0.2, 0.25) is 0 Å². The van der Waals surface area contributed by atoms with Crippen LogP contribution in [0.25, 0.3) is 0 Å². The van der Waals surface area contributed by atoms with Crippen LogP contribution in [0.3, 0.4) is 0 Å². The van der Waals surface area contributed by atoms with Gasteiger partial charge in [0.15, 0.2) is 0 Å². The van der Waals surface area contributed by atoms with E-state index in [1.807, 2.05) is 37.3 Å². The van der Waals surface area contributed by atoms with Gasteiger partial charge in [-0.25, -0.2) is 4.39 Å². The number of benzene rings is 2. The molecule has 0 aliphatic heterocycles. The van der Waals surface area contributed by atoms with Crippen LogP contribution in [0, 0.1) is 5.82 Å². The number of carbonyl (C=O) groups excluding carboxylic acids is 1. The van der Waals surface area contributed by atoms with E-state index in [4.69, 9.17) is 4.74 Å². The molecule has 0 aliphatic rings. The molecular formula is C16H16FNO2. The fraction of sp³-hybridized carbons (Fsp3) is 0.188. The fourth-order valence-electron chi connectivity index (χ4n) is 1.73. The topological polar surface area (TPSA) is 38.3 Å². The second-order valence-corrected chi connectivity index (χ2v) is 4.48. The van der Waals surface area contributed by atoms with Gasteiger partial charge in [-0.15, -0.1) is 0 Å². The maximum atomic E-state index is 13.4. The molecule has 1 unspecified atom stereocenters. The minimum Gasteiger partial charge on any atom is -0.491 e. The first-order chi connectivity index (χ1) is 9.66. The molecular weight excluding hydrogens is 257 g/mol. The molecule has 1 N–H and O–H groups in total. The predicted octanol–water partition coefficient (Wildman–Crippen LogP) is 3.02. The lowest BCUT2D eigenvalue weighted by atomic mass is 10.2. The second kappa shape index (κ2) is 6.70. The maximum Gasteiger partial charge on any atom is 0.254 e. The molecule has 2 aromatic rings. The Kier molecular flexibility index (Phi) is 4.71. The van der Waals surface area contributed by atoms with Crippen LogP contribution in [0.15, 0.2) is 54.6 Å². The molecule has 3 nitrogen and oxygen atoms in total. The highest BCUT2D eigenvalue weighted by Gasteiger charge is 2.13. The van der Waals surface area contributed by atoms with Crippen molar-refractivity contribution in [2.24, 2.45) is 0 Å². The van der Waals surface area contributed by atoms with Gasteiger partial charge in [-0.1, -0.05) is 30.3 Å². The number of hydrogen-bond donors (Lipinski definition) is 1. The van der Waals surface area contributed by atoms with Gasteiger partial charge in [0.05, 0.1) is 11.6 Å². The van der Waals surface area contributed by atoms with E-state index in [0.717, 1.165) is 5.75 Å².